The third-order valence-corrected chi connectivity index (χ3v) is 8.33. The molecule has 1 saturated heterocycles. The minimum Gasteiger partial charge on any atom is -0.380 e. The SMILES string of the molecule is Cc1nn(-c2ccc(C(N)=O)c(NC3CCN(C(=O)CNCC(C)C)C3)c2)c2c1C(=O)N(CC1CC1)C(C)(C)C2. The molecule has 3 amide bonds. The number of amides is 3. The zero-order valence-electron chi connectivity index (χ0n) is 24.4. The number of aromatic nitrogens is 2. The van der Waals surface area contributed by atoms with Crippen LogP contribution in [0.25, 0.3) is 5.69 Å². The Bertz CT molecular complexity index is 1310. The molecule has 4 N–H and O–H groups in total. The summed E-state index contributed by atoms with van der Waals surface area (Å²) in [5.74, 6) is 0.690. The number of rotatable bonds is 10. The minimum absolute atomic E-state index is 0.00725. The number of benzene rings is 1. The van der Waals surface area contributed by atoms with E-state index in [0.717, 1.165) is 30.9 Å². The number of fused-ring (bicyclic) bond motifs is 1. The second kappa shape index (κ2) is 10.9. The molecule has 5 rings (SSSR count). The molecule has 3 aliphatic rings. The number of carbonyl (C=O) groups excluding carboxylic acids is 3. The van der Waals surface area contributed by atoms with Crippen molar-refractivity contribution in [2.75, 3.05) is 38.0 Å². The van der Waals surface area contributed by atoms with E-state index in [4.69, 9.17) is 10.8 Å². The molecule has 2 fully saturated rings. The third kappa shape index (κ3) is 5.73. The number of nitrogens with zero attached hydrogens (tertiary/aromatic N) is 4. The highest BCUT2D eigenvalue weighted by Crippen LogP contribution is 2.38. The fourth-order valence-electron chi connectivity index (χ4n) is 5.94. The third-order valence-electron chi connectivity index (χ3n) is 8.33. The molecule has 10 nitrogen and oxygen atoms in total. The number of aryl methyl sites for hydroxylation is 1. The van der Waals surface area contributed by atoms with Gasteiger partial charge >= 0.3 is 0 Å². The van der Waals surface area contributed by atoms with Gasteiger partial charge in [-0.3, -0.25) is 14.4 Å². The van der Waals surface area contributed by atoms with Gasteiger partial charge in [0.25, 0.3) is 11.8 Å². The lowest BCUT2D eigenvalue weighted by Crippen LogP contribution is -2.53. The van der Waals surface area contributed by atoms with E-state index in [1.54, 1.807) is 6.07 Å². The highest BCUT2D eigenvalue weighted by molar-refractivity contribution is 6.00. The van der Waals surface area contributed by atoms with Gasteiger partial charge in [0.2, 0.25) is 5.91 Å². The van der Waals surface area contributed by atoms with E-state index in [0.29, 0.717) is 60.4 Å². The largest absolute Gasteiger partial charge is 0.380 e. The van der Waals surface area contributed by atoms with Crippen molar-refractivity contribution in [2.24, 2.45) is 17.6 Å². The van der Waals surface area contributed by atoms with E-state index in [9.17, 15) is 14.4 Å². The van der Waals surface area contributed by atoms with E-state index in [1.807, 2.05) is 33.5 Å². The van der Waals surface area contributed by atoms with Gasteiger partial charge in [-0.05, 0) is 76.6 Å². The van der Waals surface area contributed by atoms with Crippen LogP contribution in [0, 0.1) is 18.8 Å². The first-order chi connectivity index (χ1) is 18.9. The lowest BCUT2D eigenvalue weighted by atomic mass is 9.87. The summed E-state index contributed by atoms with van der Waals surface area (Å²) < 4.78 is 1.85. The molecule has 0 radical (unpaired) electrons. The van der Waals surface area contributed by atoms with Crippen LogP contribution in [0.15, 0.2) is 18.2 Å². The van der Waals surface area contributed by atoms with Gasteiger partial charge in [-0.1, -0.05) is 13.8 Å². The van der Waals surface area contributed by atoms with Crippen molar-refractivity contribution in [1.29, 1.82) is 0 Å². The average molecular weight is 550 g/mol. The fourth-order valence-corrected chi connectivity index (χ4v) is 5.94. The maximum Gasteiger partial charge on any atom is 0.258 e. The molecular formula is C30H43N7O3. The molecule has 0 bridgehead atoms. The van der Waals surface area contributed by atoms with Gasteiger partial charge in [0.1, 0.15) is 0 Å². The molecule has 1 aromatic heterocycles. The Kier molecular flexibility index (Phi) is 7.65. The second-order valence-electron chi connectivity index (χ2n) is 12.8. The zero-order valence-corrected chi connectivity index (χ0v) is 24.4. The summed E-state index contributed by atoms with van der Waals surface area (Å²) in [4.78, 5) is 42.5. The summed E-state index contributed by atoms with van der Waals surface area (Å²) in [6, 6.07) is 5.42. The van der Waals surface area contributed by atoms with Crippen molar-refractivity contribution in [3.8, 4) is 5.69 Å². The van der Waals surface area contributed by atoms with Crippen LogP contribution in [-0.2, 0) is 11.2 Å². The van der Waals surface area contributed by atoms with Crippen molar-refractivity contribution in [1.82, 2.24) is 24.9 Å². The molecular weight excluding hydrogens is 506 g/mol. The van der Waals surface area contributed by atoms with Crippen LogP contribution in [0.5, 0.6) is 0 Å². The van der Waals surface area contributed by atoms with E-state index in [1.165, 1.54) is 12.8 Å². The fraction of sp³-hybridized carbons (Fsp3) is 0.600. The molecule has 1 saturated carbocycles. The number of carbonyl (C=O) groups is 3. The summed E-state index contributed by atoms with van der Waals surface area (Å²) >= 11 is 0. The predicted octanol–water partition coefficient (Wildman–Crippen LogP) is 2.72. The first kappa shape index (κ1) is 28.1. The Balaban J connectivity index is 1.37. The quantitative estimate of drug-likeness (QED) is 0.419. The van der Waals surface area contributed by atoms with Gasteiger partial charge in [0, 0.05) is 43.3 Å². The van der Waals surface area contributed by atoms with Crippen LogP contribution >= 0.6 is 0 Å². The van der Waals surface area contributed by atoms with Crippen LogP contribution < -0.4 is 16.4 Å². The van der Waals surface area contributed by atoms with Crippen molar-refractivity contribution in [3.05, 3.63) is 40.7 Å². The van der Waals surface area contributed by atoms with Gasteiger partial charge in [-0.15, -0.1) is 0 Å². The van der Waals surface area contributed by atoms with Crippen molar-refractivity contribution in [3.63, 3.8) is 0 Å². The topological polar surface area (TPSA) is 126 Å². The van der Waals surface area contributed by atoms with Crippen molar-refractivity contribution >= 4 is 23.4 Å². The van der Waals surface area contributed by atoms with Crippen molar-refractivity contribution < 1.29 is 14.4 Å². The molecule has 1 atom stereocenters. The molecule has 40 heavy (non-hydrogen) atoms. The number of nitrogens with one attached hydrogen (secondary N) is 2. The highest BCUT2D eigenvalue weighted by atomic mass is 16.2. The molecule has 1 unspecified atom stereocenters. The monoisotopic (exact) mass is 549 g/mol. The summed E-state index contributed by atoms with van der Waals surface area (Å²) in [5, 5.41) is 11.5. The van der Waals surface area contributed by atoms with Gasteiger partial charge in [-0.25, -0.2) is 4.68 Å². The zero-order chi connectivity index (χ0) is 28.8. The lowest BCUT2D eigenvalue weighted by molar-refractivity contribution is -0.129. The number of primary amides is 1. The van der Waals surface area contributed by atoms with E-state index >= 15 is 0 Å². The summed E-state index contributed by atoms with van der Waals surface area (Å²) in [6.45, 7) is 13.5. The molecule has 2 aromatic rings. The maximum absolute atomic E-state index is 13.6. The molecule has 2 aliphatic heterocycles. The average Bonchev–Trinajstić information content (AvgIpc) is 3.48. The second-order valence-corrected chi connectivity index (χ2v) is 12.8. The lowest BCUT2D eigenvalue weighted by Gasteiger charge is -2.42. The summed E-state index contributed by atoms with van der Waals surface area (Å²) in [7, 11) is 0. The Morgan fingerprint density at radius 3 is 2.62 bits per heavy atom. The van der Waals surface area contributed by atoms with Crippen LogP contribution in [0.3, 0.4) is 0 Å². The normalized spacial score (nSPS) is 20.2. The number of hydrogen-bond acceptors (Lipinski definition) is 6. The summed E-state index contributed by atoms with van der Waals surface area (Å²) in [5.41, 5.74) is 9.46. The molecule has 0 spiro atoms. The molecule has 1 aromatic carbocycles. The maximum atomic E-state index is 13.6. The van der Waals surface area contributed by atoms with Gasteiger partial charge < -0.3 is 26.2 Å². The van der Waals surface area contributed by atoms with Crippen LogP contribution in [0.2, 0.25) is 0 Å². The van der Waals surface area contributed by atoms with Crippen molar-refractivity contribution in [2.45, 2.75) is 71.9 Å². The number of hydrogen-bond donors (Lipinski definition) is 3. The van der Waals surface area contributed by atoms with Gasteiger partial charge in [-0.2, -0.15) is 5.10 Å². The van der Waals surface area contributed by atoms with Crippen LogP contribution in [-0.4, -0.2) is 81.6 Å². The molecule has 10 heteroatoms. The standard InChI is InChI=1S/C30H43N7O3/c1-18(2)14-32-15-26(38)35-11-10-21(17-35)33-24-12-22(8-9-23(24)28(31)39)37-25-13-30(4,5)36(16-20-6-7-20)29(40)27(25)19(3)34-37/h8-9,12,18,20-21,32-33H,6-7,10-11,13-17H2,1-5H3,(H2,31,39). The minimum atomic E-state index is -0.524. The summed E-state index contributed by atoms with van der Waals surface area (Å²) in [6.07, 6.45) is 3.84. The molecule has 1 aliphatic carbocycles. The van der Waals surface area contributed by atoms with Gasteiger partial charge in [0.15, 0.2) is 0 Å². The Hall–Kier alpha value is -3.40. The van der Waals surface area contributed by atoms with Crippen LogP contribution in [0.4, 0.5) is 5.69 Å². The number of anilines is 1. The van der Waals surface area contributed by atoms with E-state index < -0.39 is 5.91 Å². The van der Waals surface area contributed by atoms with Gasteiger partial charge in [0.05, 0.1) is 34.7 Å². The first-order valence-electron chi connectivity index (χ1n) is 14.5. The van der Waals surface area contributed by atoms with E-state index in [-0.39, 0.29) is 23.4 Å². The van der Waals surface area contributed by atoms with Crippen LogP contribution in [0.1, 0.15) is 79.1 Å². The Labute approximate surface area is 236 Å². The predicted molar refractivity (Wildman–Crippen MR) is 155 cm³/mol. The Morgan fingerprint density at radius 2 is 1.95 bits per heavy atom. The number of nitrogens with two attached hydrogens (primary N) is 1. The smallest absolute Gasteiger partial charge is 0.258 e. The highest BCUT2D eigenvalue weighted by Gasteiger charge is 2.43. The number of likely N-dealkylation sites (tertiary alicyclic amines) is 1. The molecule has 3 heterocycles. The van der Waals surface area contributed by atoms with E-state index in [2.05, 4.69) is 38.3 Å². The first-order valence-corrected chi connectivity index (χ1v) is 14.5. The molecule has 216 valence electrons. The Morgan fingerprint density at radius 1 is 1.20 bits per heavy atom.